The van der Waals surface area contributed by atoms with Crippen LogP contribution in [-0.4, -0.2) is 33.3 Å². The molecule has 0 spiro atoms. The number of carbonyl (C=O) groups is 1. The molecule has 0 fully saturated rings. The average Bonchev–Trinajstić information content (AvgIpc) is 2.44. The van der Waals surface area contributed by atoms with Crippen LogP contribution in [0.25, 0.3) is 0 Å². The molecule has 19 heavy (non-hydrogen) atoms. The molecule has 0 aliphatic heterocycles. The molecule has 0 unspecified atom stereocenters. The molecule has 0 radical (unpaired) electrons. The quantitative estimate of drug-likeness (QED) is 0.574. The van der Waals surface area contributed by atoms with Crippen molar-refractivity contribution in [2.24, 2.45) is 0 Å². The van der Waals surface area contributed by atoms with Crippen LogP contribution in [0.5, 0.6) is 11.5 Å². The molecule has 0 aliphatic carbocycles. The Kier molecular flexibility index (Phi) is 6.74. The van der Waals surface area contributed by atoms with Crippen LogP contribution in [-0.2, 0) is 16.1 Å². The van der Waals surface area contributed by atoms with Crippen LogP contribution >= 0.6 is 0 Å². The van der Waals surface area contributed by atoms with Crippen molar-refractivity contribution < 1.29 is 19.0 Å². The zero-order chi connectivity index (χ0) is 14.1. The van der Waals surface area contributed by atoms with Crippen molar-refractivity contribution in [1.29, 1.82) is 0 Å². The summed E-state index contributed by atoms with van der Waals surface area (Å²) < 4.78 is 15.3. The highest BCUT2D eigenvalue weighted by molar-refractivity contribution is 5.69. The van der Waals surface area contributed by atoms with E-state index in [9.17, 15) is 4.79 Å². The Morgan fingerprint density at radius 2 is 2.05 bits per heavy atom. The second-order valence-corrected chi connectivity index (χ2v) is 3.91. The molecule has 106 valence electrons. The van der Waals surface area contributed by atoms with E-state index in [2.05, 4.69) is 5.32 Å². The minimum atomic E-state index is -0.184. The lowest BCUT2D eigenvalue weighted by Gasteiger charge is -2.11. The van der Waals surface area contributed by atoms with E-state index < -0.39 is 0 Å². The third-order valence-electron chi connectivity index (χ3n) is 2.62. The molecule has 1 rings (SSSR count). The van der Waals surface area contributed by atoms with Crippen molar-refractivity contribution in [3.63, 3.8) is 0 Å². The lowest BCUT2D eigenvalue weighted by atomic mass is 10.2. The molecule has 1 N–H and O–H groups in total. The molecule has 0 amide bonds. The molecular formula is C14H21NO4. The van der Waals surface area contributed by atoms with E-state index in [0.29, 0.717) is 26.1 Å². The summed E-state index contributed by atoms with van der Waals surface area (Å²) in [7, 11) is 3.24. The van der Waals surface area contributed by atoms with Crippen molar-refractivity contribution in [2.75, 3.05) is 27.4 Å². The fourth-order valence-electron chi connectivity index (χ4n) is 1.64. The van der Waals surface area contributed by atoms with E-state index in [4.69, 9.17) is 14.2 Å². The van der Waals surface area contributed by atoms with E-state index in [-0.39, 0.29) is 5.97 Å². The van der Waals surface area contributed by atoms with E-state index >= 15 is 0 Å². The molecule has 5 nitrogen and oxygen atoms in total. The zero-order valence-electron chi connectivity index (χ0n) is 11.7. The third-order valence-corrected chi connectivity index (χ3v) is 2.62. The Bertz CT molecular complexity index is 406. The van der Waals surface area contributed by atoms with Crippen LogP contribution in [0.4, 0.5) is 0 Å². The fraction of sp³-hybridized carbons (Fsp3) is 0.500. The van der Waals surface area contributed by atoms with Gasteiger partial charge in [0, 0.05) is 24.7 Å². The molecule has 0 atom stereocenters. The Hall–Kier alpha value is -1.75. The first kappa shape index (κ1) is 15.3. The van der Waals surface area contributed by atoms with Crippen molar-refractivity contribution in [3.05, 3.63) is 23.8 Å². The summed E-state index contributed by atoms with van der Waals surface area (Å²) in [6.45, 7) is 3.43. The van der Waals surface area contributed by atoms with E-state index in [1.54, 1.807) is 21.1 Å². The van der Waals surface area contributed by atoms with Crippen molar-refractivity contribution in [1.82, 2.24) is 5.32 Å². The van der Waals surface area contributed by atoms with Crippen LogP contribution in [0.15, 0.2) is 18.2 Å². The zero-order valence-corrected chi connectivity index (χ0v) is 11.7. The second-order valence-electron chi connectivity index (χ2n) is 3.91. The number of benzene rings is 1. The number of nitrogens with one attached hydrogen (secondary N) is 1. The van der Waals surface area contributed by atoms with Gasteiger partial charge in [0.15, 0.2) is 0 Å². The first-order valence-electron chi connectivity index (χ1n) is 6.28. The fourth-order valence-corrected chi connectivity index (χ4v) is 1.64. The van der Waals surface area contributed by atoms with Crippen molar-refractivity contribution in [2.45, 2.75) is 19.9 Å². The average molecular weight is 267 g/mol. The lowest BCUT2D eigenvalue weighted by molar-refractivity contribution is -0.142. The van der Waals surface area contributed by atoms with Crippen LogP contribution in [0.1, 0.15) is 18.9 Å². The molecular weight excluding hydrogens is 246 g/mol. The molecule has 0 bridgehead atoms. The monoisotopic (exact) mass is 267 g/mol. The molecule has 5 heteroatoms. The summed E-state index contributed by atoms with van der Waals surface area (Å²) in [6, 6.07) is 5.66. The number of esters is 1. The van der Waals surface area contributed by atoms with Gasteiger partial charge < -0.3 is 19.5 Å². The van der Waals surface area contributed by atoms with Gasteiger partial charge in [-0.2, -0.15) is 0 Å². The Balaban J connectivity index is 2.42. The standard InChI is InChI=1S/C14H21NO4/c1-4-19-14(16)7-8-15-10-11-5-6-12(17-2)9-13(11)18-3/h5-6,9,15H,4,7-8,10H2,1-3H3. The molecule has 0 heterocycles. The van der Waals surface area contributed by atoms with Crippen LogP contribution in [0, 0.1) is 0 Å². The highest BCUT2D eigenvalue weighted by atomic mass is 16.5. The van der Waals surface area contributed by atoms with Gasteiger partial charge in [-0.3, -0.25) is 4.79 Å². The summed E-state index contributed by atoms with van der Waals surface area (Å²) in [5, 5.41) is 3.18. The van der Waals surface area contributed by atoms with Gasteiger partial charge in [-0.1, -0.05) is 6.07 Å². The second kappa shape index (κ2) is 8.37. The summed E-state index contributed by atoms with van der Waals surface area (Å²) in [5.41, 5.74) is 1.02. The van der Waals surface area contributed by atoms with Gasteiger partial charge in [-0.05, 0) is 13.0 Å². The first-order valence-corrected chi connectivity index (χ1v) is 6.28. The summed E-state index contributed by atoms with van der Waals surface area (Å²) in [4.78, 5) is 11.2. The maximum absolute atomic E-state index is 11.2. The van der Waals surface area contributed by atoms with Gasteiger partial charge in [0.25, 0.3) is 0 Å². The SMILES string of the molecule is CCOC(=O)CCNCc1ccc(OC)cc1OC. The summed E-state index contributed by atoms with van der Waals surface area (Å²) >= 11 is 0. The molecule has 0 aliphatic rings. The summed E-state index contributed by atoms with van der Waals surface area (Å²) in [6.07, 6.45) is 0.367. The van der Waals surface area contributed by atoms with Gasteiger partial charge in [0.1, 0.15) is 11.5 Å². The summed E-state index contributed by atoms with van der Waals surface area (Å²) in [5.74, 6) is 1.34. The number of rotatable bonds is 8. The molecule has 1 aromatic carbocycles. The van der Waals surface area contributed by atoms with Crippen molar-refractivity contribution in [3.8, 4) is 11.5 Å². The van der Waals surface area contributed by atoms with Gasteiger partial charge in [-0.15, -0.1) is 0 Å². The number of ether oxygens (including phenoxy) is 3. The Morgan fingerprint density at radius 1 is 1.26 bits per heavy atom. The molecule has 0 saturated heterocycles. The van der Waals surface area contributed by atoms with E-state index in [1.165, 1.54) is 0 Å². The maximum Gasteiger partial charge on any atom is 0.307 e. The Morgan fingerprint density at radius 3 is 2.68 bits per heavy atom. The number of carbonyl (C=O) groups excluding carboxylic acids is 1. The predicted molar refractivity (Wildman–Crippen MR) is 72.5 cm³/mol. The van der Waals surface area contributed by atoms with Gasteiger partial charge in [-0.25, -0.2) is 0 Å². The number of methoxy groups -OCH3 is 2. The minimum absolute atomic E-state index is 0.184. The van der Waals surface area contributed by atoms with Gasteiger partial charge >= 0.3 is 5.97 Å². The highest BCUT2D eigenvalue weighted by Gasteiger charge is 2.05. The highest BCUT2D eigenvalue weighted by Crippen LogP contribution is 2.24. The van der Waals surface area contributed by atoms with E-state index in [0.717, 1.165) is 17.1 Å². The normalized spacial score (nSPS) is 10.1. The number of hydrogen-bond donors (Lipinski definition) is 1. The lowest BCUT2D eigenvalue weighted by Crippen LogP contribution is -2.19. The van der Waals surface area contributed by atoms with E-state index in [1.807, 2.05) is 18.2 Å². The molecule has 0 aromatic heterocycles. The van der Waals surface area contributed by atoms with Crippen LogP contribution in [0.2, 0.25) is 0 Å². The van der Waals surface area contributed by atoms with Crippen LogP contribution in [0.3, 0.4) is 0 Å². The largest absolute Gasteiger partial charge is 0.497 e. The maximum atomic E-state index is 11.2. The molecule has 1 aromatic rings. The Labute approximate surface area is 113 Å². The van der Waals surface area contributed by atoms with Gasteiger partial charge in [0.05, 0.1) is 27.2 Å². The van der Waals surface area contributed by atoms with Gasteiger partial charge in [0.2, 0.25) is 0 Å². The minimum Gasteiger partial charge on any atom is -0.497 e. The van der Waals surface area contributed by atoms with Crippen molar-refractivity contribution >= 4 is 5.97 Å². The topological polar surface area (TPSA) is 56.8 Å². The molecule has 0 saturated carbocycles. The predicted octanol–water partition coefficient (Wildman–Crippen LogP) is 1.75. The van der Waals surface area contributed by atoms with Crippen LogP contribution < -0.4 is 14.8 Å². The third kappa shape index (κ3) is 5.18. The first-order chi connectivity index (χ1) is 9.21. The number of hydrogen-bond acceptors (Lipinski definition) is 5. The smallest absolute Gasteiger partial charge is 0.307 e.